The molecule has 2 N–H and O–H groups in total. The van der Waals surface area contributed by atoms with Gasteiger partial charge in [-0.25, -0.2) is 4.98 Å². The summed E-state index contributed by atoms with van der Waals surface area (Å²) >= 11 is 3.68. The van der Waals surface area contributed by atoms with Crippen LogP contribution in [0.3, 0.4) is 0 Å². The summed E-state index contributed by atoms with van der Waals surface area (Å²) < 4.78 is 0.955. The highest BCUT2D eigenvalue weighted by Gasteiger charge is 2.16. The van der Waals surface area contributed by atoms with Gasteiger partial charge in [0.05, 0.1) is 0 Å². The first-order valence-corrected chi connectivity index (χ1v) is 13.5. The van der Waals surface area contributed by atoms with Crippen molar-refractivity contribution in [2.75, 3.05) is 43.9 Å². The van der Waals surface area contributed by atoms with Crippen LogP contribution in [-0.4, -0.2) is 58.9 Å². The summed E-state index contributed by atoms with van der Waals surface area (Å²) in [7, 11) is 2.16. The molecule has 0 atom stereocenters. The van der Waals surface area contributed by atoms with Crippen molar-refractivity contribution in [1.82, 2.24) is 19.8 Å². The van der Waals surface area contributed by atoms with Crippen LogP contribution in [0.15, 0.2) is 83.7 Å². The topological polar surface area (TPSA) is 73.4 Å². The highest BCUT2D eigenvalue weighted by Crippen LogP contribution is 2.26. The molecule has 5 rings (SSSR count). The van der Waals surface area contributed by atoms with Gasteiger partial charge >= 0.3 is 0 Å². The fourth-order valence-electron chi connectivity index (χ4n) is 4.41. The highest BCUT2D eigenvalue weighted by atomic mass is 79.9. The second-order valence-corrected chi connectivity index (χ2v) is 10.5. The Morgan fingerprint density at radius 2 is 1.79 bits per heavy atom. The summed E-state index contributed by atoms with van der Waals surface area (Å²) in [6.45, 7) is 7.17. The summed E-state index contributed by atoms with van der Waals surface area (Å²) in [4.78, 5) is 26.6. The second-order valence-electron chi connectivity index (χ2n) is 9.67. The lowest BCUT2D eigenvalue weighted by atomic mass is 10.1. The van der Waals surface area contributed by atoms with Gasteiger partial charge in [0.2, 0.25) is 0 Å². The molecule has 194 valence electrons. The molecule has 7 nitrogen and oxygen atoms in total. The normalized spacial score (nSPS) is 14.3. The lowest BCUT2D eigenvalue weighted by Gasteiger charge is -2.32. The lowest BCUT2D eigenvalue weighted by molar-refractivity contribution is 0.102. The van der Waals surface area contributed by atoms with Crippen molar-refractivity contribution in [3.05, 3.63) is 100 Å². The molecule has 2 aromatic carbocycles. The minimum atomic E-state index is -0.148. The fraction of sp³-hybridized carbons (Fsp3) is 0.233. The largest absolute Gasteiger partial charge is 0.340 e. The SMILES string of the molecule is Cc1ccc(NC(=O)c2ccc(CN3CCN(C)CC3)c(Br)c2)cc1Nc1ccc(-c2cccnc2)cn1. The number of rotatable bonds is 7. The molecule has 0 radical (unpaired) electrons. The van der Waals surface area contributed by atoms with Gasteiger partial charge in [-0.1, -0.05) is 34.1 Å². The summed E-state index contributed by atoms with van der Waals surface area (Å²) in [6, 6.07) is 19.5. The van der Waals surface area contributed by atoms with E-state index < -0.39 is 0 Å². The van der Waals surface area contributed by atoms with Gasteiger partial charge in [-0.3, -0.25) is 14.7 Å². The Morgan fingerprint density at radius 1 is 0.974 bits per heavy atom. The van der Waals surface area contributed by atoms with Crippen LogP contribution in [0.4, 0.5) is 17.2 Å². The van der Waals surface area contributed by atoms with E-state index in [0.29, 0.717) is 11.3 Å². The van der Waals surface area contributed by atoms with Gasteiger partial charge in [0, 0.05) is 83.9 Å². The van der Waals surface area contributed by atoms with Crippen molar-refractivity contribution in [3.8, 4) is 11.1 Å². The quantitative estimate of drug-likeness (QED) is 0.285. The van der Waals surface area contributed by atoms with Gasteiger partial charge in [0.1, 0.15) is 5.82 Å². The molecule has 1 aliphatic rings. The Morgan fingerprint density at radius 3 is 2.50 bits per heavy atom. The molecule has 0 spiro atoms. The minimum Gasteiger partial charge on any atom is -0.340 e. The van der Waals surface area contributed by atoms with Crippen LogP contribution in [-0.2, 0) is 6.54 Å². The molecule has 0 bridgehead atoms. The predicted octanol–water partition coefficient (Wildman–Crippen LogP) is 5.96. The summed E-state index contributed by atoms with van der Waals surface area (Å²) in [5.74, 6) is 0.578. The van der Waals surface area contributed by atoms with Crippen LogP contribution in [0.25, 0.3) is 11.1 Å². The Balaban J connectivity index is 1.23. The molecule has 0 saturated carbocycles. The molecular weight excluding hydrogens is 540 g/mol. The van der Waals surface area contributed by atoms with Gasteiger partial charge in [-0.15, -0.1) is 0 Å². The zero-order valence-corrected chi connectivity index (χ0v) is 23.2. The van der Waals surface area contributed by atoms with Crippen molar-refractivity contribution >= 4 is 39.0 Å². The monoisotopic (exact) mass is 570 g/mol. The van der Waals surface area contributed by atoms with E-state index in [-0.39, 0.29) is 5.91 Å². The number of carbonyl (C=O) groups excluding carboxylic acids is 1. The zero-order valence-electron chi connectivity index (χ0n) is 21.6. The van der Waals surface area contributed by atoms with E-state index in [9.17, 15) is 4.79 Å². The molecule has 4 aromatic rings. The van der Waals surface area contributed by atoms with Gasteiger partial charge in [0.15, 0.2) is 0 Å². The minimum absolute atomic E-state index is 0.148. The van der Waals surface area contributed by atoms with Gasteiger partial charge in [-0.05, 0) is 67.6 Å². The number of halogens is 1. The van der Waals surface area contributed by atoms with Crippen LogP contribution >= 0.6 is 15.9 Å². The summed E-state index contributed by atoms with van der Waals surface area (Å²) in [6.07, 6.45) is 5.40. The smallest absolute Gasteiger partial charge is 0.255 e. The van der Waals surface area contributed by atoms with E-state index in [1.54, 1.807) is 6.20 Å². The van der Waals surface area contributed by atoms with E-state index in [2.05, 4.69) is 53.4 Å². The first kappa shape index (κ1) is 26.0. The van der Waals surface area contributed by atoms with Crippen LogP contribution in [0.5, 0.6) is 0 Å². The number of aromatic nitrogens is 2. The molecule has 0 unspecified atom stereocenters. The molecule has 0 aliphatic carbocycles. The zero-order chi connectivity index (χ0) is 26.5. The average molecular weight is 572 g/mol. The van der Waals surface area contributed by atoms with Gasteiger partial charge in [-0.2, -0.15) is 0 Å². The number of hydrogen-bond acceptors (Lipinski definition) is 6. The number of benzene rings is 2. The third kappa shape index (κ3) is 6.45. The predicted molar refractivity (Wildman–Crippen MR) is 157 cm³/mol. The van der Waals surface area contributed by atoms with E-state index in [0.717, 1.165) is 65.4 Å². The van der Waals surface area contributed by atoms with Crippen molar-refractivity contribution in [3.63, 3.8) is 0 Å². The van der Waals surface area contributed by atoms with E-state index in [4.69, 9.17) is 0 Å². The van der Waals surface area contributed by atoms with Crippen molar-refractivity contribution in [1.29, 1.82) is 0 Å². The van der Waals surface area contributed by atoms with Crippen LogP contribution in [0, 0.1) is 6.92 Å². The number of aryl methyl sites for hydroxylation is 1. The van der Waals surface area contributed by atoms with Crippen LogP contribution in [0.2, 0.25) is 0 Å². The Kier molecular flexibility index (Phi) is 8.12. The molecule has 38 heavy (non-hydrogen) atoms. The molecule has 1 saturated heterocycles. The first-order chi connectivity index (χ1) is 18.4. The number of anilines is 3. The molecule has 1 amide bonds. The first-order valence-electron chi connectivity index (χ1n) is 12.7. The number of amides is 1. The number of piperazine rings is 1. The van der Waals surface area contributed by atoms with Gasteiger partial charge < -0.3 is 15.5 Å². The highest BCUT2D eigenvalue weighted by molar-refractivity contribution is 9.10. The molecular formula is C30H31BrN6O. The molecule has 8 heteroatoms. The standard InChI is InChI=1S/C30H31BrN6O/c1-21-5-9-26(17-28(21)35-29-10-8-24(19-33-29)23-4-3-11-32-18-23)34-30(38)22-6-7-25(27(31)16-22)20-37-14-12-36(2)13-15-37/h3-11,16-19H,12-15,20H2,1-2H3,(H,33,35)(H,34,38). The Bertz CT molecular complexity index is 1400. The number of likely N-dealkylation sites (N-methyl/N-ethyl adjacent to an activating group) is 1. The lowest BCUT2D eigenvalue weighted by Crippen LogP contribution is -2.43. The molecule has 2 aromatic heterocycles. The van der Waals surface area contributed by atoms with E-state index >= 15 is 0 Å². The van der Waals surface area contributed by atoms with Crippen molar-refractivity contribution < 1.29 is 4.79 Å². The third-order valence-electron chi connectivity index (χ3n) is 6.82. The van der Waals surface area contributed by atoms with Crippen molar-refractivity contribution in [2.45, 2.75) is 13.5 Å². The summed E-state index contributed by atoms with van der Waals surface area (Å²) in [5.41, 5.74) is 6.48. The van der Waals surface area contributed by atoms with E-state index in [1.807, 2.05) is 80.0 Å². The maximum Gasteiger partial charge on any atom is 0.255 e. The second kappa shape index (κ2) is 11.9. The van der Waals surface area contributed by atoms with Gasteiger partial charge in [0.25, 0.3) is 5.91 Å². The number of pyridine rings is 2. The number of nitrogens with one attached hydrogen (secondary N) is 2. The number of nitrogens with zero attached hydrogens (tertiary/aromatic N) is 4. The molecule has 3 heterocycles. The van der Waals surface area contributed by atoms with Crippen LogP contribution in [0.1, 0.15) is 21.5 Å². The van der Waals surface area contributed by atoms with Crippen molar-refractivity contribution in [2.24, 2.45) is 0 Å². The molecule has 1 aliphatic heterocycles. The number of carbonyl (C=O) groups is 1. The maximum absolute atomic E-state index is 13.0. The maximum atomic E-state index is 13.0. The molecule has 1 fully saturated rings. The number of hydrogen-bond donors (Lipinski definition) is 2. The Labute approximate surface area is 232 Å². The summed E-state index contributed by atoms with van der Waals surface area (Å²) in [5, 5.41) is 6.40. The van der Waals surface area contributed by atoms with Crippen LogP contribution < -0.4 is 10.6 Å². The fourth-order valence-corrected chi connectivity index (χ4v) is 4.92. The third-order valence-corrected chi connectivity index (χ3v) is 7.56. The Hall–Kier alpha value is -3.59. The average Bonchev–Trinajstić information content (AvgIpc) is 2.94. The van der Waals surface area contributed by atoms with E-state index in [1.165, 1.54) is 5.56 Å².